The van der Waals surface area contributed by atoms with Crippen LogP contribution in [0, 0.1) is 0 Å². The van der Waals surface area contributed by atoms with E-state index >= 15 is 0 Å². The third kappa shape index (κ3) is 3.48. The lowest BCUT2D eigenvalue weighted by Crippen LogP contribution is -2.43. The number of amides is 1. The van der Waals surface area contributed by atoms with Crippen molar-refractivity contribution in [3.8, 4) is 0 Å². The van der Waals surface area contributed by atoms with E-state index in [2.05, 4.69) is 33.3 Å². The number of rotatable bonds is 5. The van der Waals surface area contributed by atoms with Gasteiger partial charge in [-0.2, -0.15) is 0 Å². The molecule has 21 heavy (non-hydrogen) atoms. The largest absolute Gasteiger partial charge is 0.353 e. The van der Waals surface area contributed by atoms with Crippen LogP contribution in [0.5, 0.6) is 0 Å². The molecule has 1 aliphatic heterocycles. The highest BCUT2D eigenvalue weighted by Crippen LogP contribution is 2.21. The quantitative estimate of drug-likeness (QED) is 0.752. The Morgan fingerprint density at radius 3 is 2.95 bits per heavy atom. The summed E-state index contributed by atoms with van der Waals surface area (Å²) in [6, 6.07) is 10.1. The molecular formula is C15H19N5O. The van der Waals surface area contributed by atoms with E-state index in [-0.39, 0.29) is 18.0 Å². The van der Waals surface area contributed by atoms with Crippen molar-refractivity contribution in [1.82, 2.24) is 25.7 Å². The molecule has 6 nitrogen and oxygen atoms in total. The first-order chi connectivity index (χ1) is 10.3. The lowest BCUT2D eigenvalue weighted by atomic mass is 10.0. The Morgan fingerprint density at radius 2 is 2.19 bits per heavy atom. The average Bonchev–Trinajstić information content (AvgIpc) is 3.20. The van der Waals surface area contributed by atoms with Gasteiger partial charge in [-0.25, -0.2) is 15.8 Å². The van der Waals surface area contributed by atoms with Crippen molar-refractivity contribution in [2.24, 2.45) is 0 Å². The normalized spacial score (nSPS) is 21.3. The molecule has 2 atom stereocenters. The molecule has 3 rings (SSSR count). The minimum atomic E-state index is -0.196. The van der Waals surface area contributed by atoms with Gasteiger partial charge in [0.2, 0.25) is 5.91 Å². The van der Waals surface area contributed by atoms with Crippen molar-refractivity contribution in [1.29, 1.82) is 0 Å². The monoisotopic (exact) mass is 285 g/mol. The second-order valence-electron chi connectivity index (χ2n) is 5.13. The molecule has 2 aromatic rings. The van der Waals surface area contributed by atoms with Crippen molar-refractivity contribution in [3.05, 3.63) is 54.6 Å². The second kappa shape index (κ2) is 6.51. The highest BCUT2D eigenvalue weighted by atomic mass is 16.2. The number of imidazole rings is 1. The molecule has 1 aliphatic rings. The Morgan fingerprint density at radius 1 is 1.33 bits per heavy atom. The molecule has 0 radical (unpaired) electrons. The van der Waals surface area contributed by atoms with Crippen LogP contribution in [0.15, 0.2) is 49.1 Å². The van der Waals surface area contributed by atoms with Gasteiger partial charge in [0.05, 0.1) is 6.33 Å². The smallest absolute Gasteiger partial charge is 0.238 e. The van der Waals surface area contributed by atoms with Crippen molar-refractivity contribution < 1.29 is 4.79 Å². The molecule has 0 aliphatic carbocycles. The topological polar surface area (TPSA) is 71.0 Å². The van der Waals surface area contributed by atoms with E-state index in [0.717, 1.165) is 13.0 Å². The fraction of sp³-hybridized carbons (Fsp3) is 0.333. The molecule has 110 valence electrons. The van der Waals surface area contributed by atoms with Gasteiger partial charge < -0.3 is 9.88 Å². The zero-order valence-electron chi connectivity index (χ0n) is 11.7. The SMILES string of the molecule is O=C(NCCn1ccnc1)C1CC(c2ccccc2)NN1. The molecule has 0 spiro atoms. The van der Waals surface area contributed by atoms with Crippen molar-refractivity contribution in [3.63, 3.8) is 0 Å². The average molecular weight is 285 g/mol. The molecule has 1 aromatic carbocycles. The number of nitrogens with one attached hydrogen (secondary N) is 3. The van der Waals surface area contributed by atoms with Crippen LogP contribution in [0.1, 0.15) is 18.0 Å². The van der Waals surface area contributed by atoms with Crippen molar-refractivity contribution in [2.45, 2.75) is 25.0 Å². The molecule has 1 fully saturated rings. The van der Waals surface area contributed by atoms with Crippen LogP contribution in [0.4, 0.5) is 0 Å². The standard InChI is InChI=1S/C15H19N5O/c21-15(17-7-9-20-8-6-16-11-20)14-10-13(18-19-14)12-4-2-1-3-5-12/h1-6,8,11,13-14,18-19H,7,9-10H2,(H,17,21). The molecule has 2 unspecified atom stereocenters. The Labute approximate surface area is 123 Å². The van der Waals surface area contributed by atoms with Gasteiger partial charge in [-0.15, -0.1) is 0 Å². The zero-order chi connectivity index (χ0) is 14.5. The fourth-order valence-corrected chi connectivity index (χ4v) is 2.48. The summed E-state index contributed by atoms with van der Waals surface area (Å²) >= 11 is 0. The summed E-state index contributed by atoms with van der Waals surface area (Å²) in [5.41, 5.74) is 7.44. The maximum atomic E-state index is 12.1. The summed E-state index contributed by atoms with van der Waals surface area (Å²) in [6.07, 6.45) is 6.11. The minimum Gasteiger partial charge on any atom is -0.353 e. The van der Waals surface area contributed by atoms with E-state index in [1.807, 2.05) is 29.0 Å². The first-order valence-electron chi connectivity index (χ1n) is 7.12. The number of aromatic nitrogens is 2. The fourth-order valence-electron chi connectivity index (χ4n) is 2.48. The molecule has 1 amide bonds. The highest BCUT2D eigenvalue weighted by molar-refractivity contribution is 5.82. The van der Waals surface area contributed by atoms with Gasteiger partial charge in [0.1, 0.15) is 6.04 Å². The summed E-state index contributed by atoms with van der Waals surface area (Å²) in [7, 11) is 0. The zero-order valence-corrected chi connectivity index (χ0v) is 11.7. The number of carbonyl (C=O) groups excluding carboxylic acids is 1. The molecular weight excluding hydrogens is 266 g/mol. The van der Waals surface area contributed by atoms with E-state index in [4.69, 9.17) is 0 Å². The van der Waals surface area contributed by atoms with Gasteiger partial charge in [-0.1, -0.05) is 30.3 Å². The van der Waals surface area contributed by atoms with Crippen LogP contribution >= 0.6 is 0 Å². The Kier molecular flexibility index (Phi) is 4.28. The highest BCUT2D eigenvalue weighted by Gasteiger charge is 2.29. The van der Waals surface area contributed by atoms with Crippen LogP contribution in [0.3, 0.4) is 0 Å². The number of hydrogen-bond acceptors (Lipinski definition) is 4. The maximum absolute atomic E-state index is 12.1. The maximum Gasteiger partial charge on any atom is 0.238 e. The Hall–Kier alpha value is -2.18. The first-order valence-corrected chi connectivity index (χ1v) is 7.12. The molecule has 6 heteroatoms. The minimum absolute atomic E-state index is 0.0287. The van der Waals surface area contributed by atoms with Crippen LogP contribution in [-0.2, 0) is 11.3 Å². The first kappa shape index (κ1) is 13.8. The molecule has 2 heterocycles. The number of benzene rings is 1. The summed E-state index contributed by atoms with van der Waals surface area (Å²) in [4.78, 5) is 16.1. The van der Waals surface area contributed by atoms with E-state index in [1.54, 1.807) is 12.5 Å². The van der Waals surface area contributed by atoms with Crippen molar-refractivity contribution in [2.75, 3.05) is 6.54 Å². The number of hydrogen-bond donors (Lipinski definition) is 3. The van der Waals surface area contributed by atoms with Crippen molar-refractivity contribution >= 4 is 5.91 Å². The summed E-state index contributed by atoms with van der Waals surface area (Å²) in [5, 5.41) is 2.94. The Balaban J connectivity index is 1.46. The summed E-state index contributed by atoms with van der Waals surface area (Å²) in [6.45, 7) is 1.33. The van der Waals surface area contributed by atoms with Gasteiger partial charge in [0.15, 0.2) is 0 Å². The van der Waals surface area contributed by atoms with Crippen LogP contribution < -0.4 is 16.2 Å². The van der Waals surface area contributed by atoms with Gasteiger partial charge in [0, 0.05) is 31.5 Å². The number of carbonyl (C=O) groups is 1. The molecule has 0 bridgehead atoms. The molecule has 1 aromatic heterocycles. The van der Waals surface area contributed by atoms with Gasteiger partial charge in [0.25, 0.3) is 0 Å². The summed E-state index contributed by atoms with van der Waals surface area (Å²) in [5.74, 6) is 0.0287. The third-order valence-corrected chi connectivity index (χ3v) is 3.65. The van der Waals surface area contributed by atoms with E-state index in [0.29, 0.717) is 6.54 Å². The van der Waals surface area contributed by atoms with E-state index in [1.165, 1.54) is 5.56 Å². The van der Waals surface area contributed by atoms with Gasteiger partial charge in [-0.05, 0) is 12.0 Å². The predicted octanol–water partition coefficient (Wildman–Crippen LogP) is 0.607. The van der Waals surface area contributed by atoms with Gasteiger partial charge >= 0.3 is 0 Å². The molecule has 3 N–H and O–H groups in total. The van der Waals surface area contributed by atoms with Gasteiger partial charge in [-0.3, -0.25) is 4.79 Å². The summed E-state index contributed by atoms with van der Waals surface area (Å²) < 4.78 is 1.94. The van der Waals surface area contributed by atoms with E-state index in [9.17, 15) is 4.79 Å². The second-order valence-corrected chi connectivity index (χ2v) is 5.13. The Bertz CT molecular complexity index is 569. The molecule has 0 saturated carbocycles. The number of hydrazine groups is 1. The number of nitrogens with zero attached hydrogens (tertiary/aromatic N) is 2. The van der Waals surface area contributed by atoms with Crippen LogP contribution in [0.25, 0.3) is 0 Å². The van der Waals surface area contributed by atoms with Crippen LogP contribution in [-0.4, -0.2) is 28.0 Å². The third-order valence-electron chi connectivity index (χ3n) is 3.65. The predicted molar refractivity (Wildman–Crippen MR) is 79.1 cm³/mol. The lowest BCUT2D eigenvalue weighted by Gasteiger charge is -2.11. The molecule has 1 saturated heterocycles. The lowest BCUT2D eigenvalue weighted by molar-refractivity contribution is -0.122. The van der Waals surface area contributed by atoms with Crippen LogP contribution in [0.2, 0.25) is 0 Å². The van der Waals surface area contributed by atoms with E-state index < -0.39 is 0 Å².